The number of hydrogen-bond acceptors (Lipinski definition) is 3. The zero-order valence-corrected chi connectivity index (χ0v) is 12.3. The predicted molar refractivity (Wildman–Crippen MR) is 73.5 cm³/mol. The highest BCUT2D eigenvalue weighted by molar-refractivity contribution is 7.91. The molecule has 1 aliphatic rings. The molecule has 0 bridgehead atoms. The third kappa shape index (κ3) is 5.58. The van der Waals surface area contributed by atoms with Gasteiger partial charge in [-0.05, 0) is 45.2 Å². The molecule has 1 saturated heterocycles. The van der Waals surface area contributed by atoms with Crippen LogP contribution in [-0.2, 0) is 9.84 Å². The van der Waals surface area contributed by atoms with Crippen LogP contribution in [-0.4, -0.2) is 49.8 Å². The van der Waals surface area contributed by atoms with Crippen molar-refractivity contribution in [3.63, 3.8) is 0 Å². The minimum absolute atomic E-state index is 0.267. The molecule has 0 aromatic heterocycles. The minimum Gasteiger partial charge on any atom is -0.300 e. The van der Waals surface area contributed by atoms with Gasteiger partial charge in [0, 0.05) is 17.7 Å². The summed E-state index contributed by atoms with van der Waals surface area (Å²) in [5.41, 5.74) is 0. The lowest BCUT2D eigenvalue weighted by Crippen LogP contribution is -2.31. The van der Waals surface area contributed by atoms with Crippen molar-refractivity contribution in [3.8, 4) is 0 Å². The van der Waals surface area contributed by atoms with E-state index in [-0.39, 0.29) is 5.75 Å². The van der Waals surface area contributed by atoms with Crippen LogP contribution in [0.25, 0.3) is 0 Å². The molecule has 1 heterocycles. The van der Waals surface area contributed by atoms with Crippen LogP contribution in [0.15, 0.2) is 0 Å². The first-order valence-electron chi connectivity index (χ1n) is 6.59. The van der Waals surface area contributed by atoms with Crippen molar-refractivity contribution in [2.75, 3.05) is 30.5 Å². The summed E-state index contributed by atoms with van der Waals surface area (Å²) in [6.07, 6.45) is 5.48. The molecule has 0 spiro atoms. The molecule has 0 N–H and O–H groups in total. The number of nitrogens with zero attached hydrogens (tertiary/aromatic N) is 1. The van der Waals surface area contributed by atoms with Crippen molar-refractivity contribution in [1.82, 2.24) is 4.90 Å². The number of likely N-dealkylation sites (tertiary alicyclic amines) is 1. The van der Waals surface area contributed by atoms with Crippen LogP contribution in [0.4, 0.5) is 0 Å². The van der Waals surface area contributed by atoms with Crippen molar-refractivity contribution in [2.45, 2.75) is 45.1 Å². The number of alkyl halides is 1. The van der Waals surface area contributed by atoms with Gasteiger partial charge in [-0.2, -0.15) is 0 Å². The largest absolute Gasteiger partial charge is 0.300 e. The maximum absolute atomic E-state index is 11.4. The fraction of sp³-hybridized carbons (Fsp3) is 1.00. The van der Waals surface area contributed by atoms with Gasteiger partial charge in [-0.15, -0.1) is 11.6 Å². The Kier molecular flexibility index (Phi) is 6.82. The van der Waals surface area contributed by atoms with Crippen molar-refractivity contribution >= 4 is 21.4 Å². The summed E-state index contributed by atoms with van der Waals surface area (Å²) < 4.78 is 22.8. The lowest BCUT2D eigenvalue weighted by molar-refractivity contribution is 0.243. The Bertz CT molecular complexity index is 306. The topological polar surface area (TPSA) is 37.4 Å². The molecule has 1 unspecified atom stereocenters. The summed E-state index contributed by atoms with van der Waals surface area (Å²) in [6, 6.07) is 0.637. The van der Waals surface area contributed by atoms with Gasteiger partial charge in [0.25, 0.3) is 0 Å². The molecular weight excluding hydrogens is 258 g/mol. The van der Waals surface area contributed by atoms with E-state index in [1.54, 1.807) is 6.92 Å². The van der Waals surface area contributed by atoms with E-state index in [1.165, 1.54) is 12.8 Å². The fourth-order valence-corrected chi connectivity index (χ4v) is 3.47. The molecule has 1 rings (SSSR count). The number of halogens is 1. The lowest BCUT2D eigenvalue weighted by Gasteiger charge is -2.24. The van der Waals surface area contributed by atoms with Gasteiger partial charge in [0.05, 0.1) is 5.75 Å². The molecule has 1 fully saturated rings. The lowest BCUT2D eigenvalue weighted by atomic mass is 10.1. The Balaban J connectivity index is 2.26. The molecular formula is C12H24ClNO2S. The second kappa shape index (κ2) is 7.59. The van der Waals surface area contributed by atoms with Crippen molar-refractivity contribution in [2.24, 2.45) is 0 Å². The highest BCUT2D eigenvalue weighted by Crippen LogP contribution is 2.21. The van der Waals surface area contributed by atoms with Crippen LogP contribution in [0.3, 0.4) is 0 Å². The van der Waals surface area contributed by atoms with Gasteiger partial charge in [0.2, 0.25) is 0 Å². The van der Waals surface area contributed by atoms with E-state index in [0.29, 0.717) is 11.8 Å². The van der Waals surface area contributed by atoms with E-state index in [0.717, 1.165) is 38.2 Å². The van der Waals surface area contributed by atoms with Crippen molar-refractivity contribution in [1.29, 1.82) is 0 Å². The third-order valence-electron chi connectivity index (χ3n) is 3.51. The second-order valence-electron chi connectivity index (χ2n) is 4.75. The number of hydrogen-bond donors (Lipinski definition) is 0. The fourth-order valence-electron chi connectivity index (χ4n) is 2.46. The monoisotopic (exact) mass is 281 g/mol. The maximum Gasteiger partial charge on any atom is 0.150 e. The van der Waals surface area contributed by atoms with E-state index in [4.69, 9.17) is 11.6 Å². The van der Waals surface area contributed by atoms with E-state index in [2.05, 4.69) is 4.90 Å². The molecule has 3 nitrogen and oxygen atoms in total. The summed E-state index contributed by atoms with van der Waals surface area (Å²) in [5, 5.41) is 0. The molecule has 0 saturated carbocycles. The first-order valence-corrected chi connectivity index (χ1v) is 8.95. The Morgan fingerprint density at radius 1 is 1.35 bits per heavy atom. The van der Waals surface area contributed by atoms with Crippen molar-refractivity contribution in [3.05, 3.63) is 0 Å². The number of rotatable bonds is 8. The van der Waals surface area contributed by atoms with Gasteiger partial charge in [-0.25, -0.2) is 8.42 Å². The quantitative estimate of drug-likeness (QED) is 0.641. The van der Waals surface area contributed by atoms with Crippen LogP contribution < -0.4 is 0 Å². The Morgan fingerprint density at radius 3 is 2.76 bits per heavy atom. The minimum atomic E-state index is -2.79. The normalized spacial score (nSPS) is 22.1. The Labute approximate surface area is 110 Å². The molecule has 5 heteroatoms. The van der Waals surface area contributed by atoms with E-state index in [9.17, 15) is 8.42 Å². The smallest absolute Gasteiger partial charge is 0.150 e. The predicted octanol–water partition coefficient (Wildman–Crippen LogP) is 2.29. The van der Waals surface area contributed by atoms with Gasteiger partial charge >= 0.3 is 0 Å². The van der Waals surface area contributed by atoms with Crippen LogP contribution >= 0.6 is 11.6 Å². The van der Waals surface area contributed by atoms with Gasteiger partial charge in [-0.3, -0.25) is 0 Å². The molecule has 0 aromatic carbocycles. The third-order valence-corrected chi connectivity index (χ3v) is 5.57. The molecule has 1 aliphatic heterocycles. The summed E-state index contributed by atoms with van der Waals surface area (Å²) >= 11 is 5.71. The second-order valence-corrected chi connectivity index (χ2v) is 7.60. The van der Waals surface area contributed by atoms with Gasteiger partial charge in [0.1, 0.15) is 9.84 Å². The van der Waals surface area contributed by atoms with Crippen LogP contribution in [0.2, 0.25) is 0 Å². The Morgan fingerprint density at radius 2 is 2.12 bits per heavy atom. The average molecular weight is 282 g/mol. The van der Waals surface area contributed by atoms with E-state index in [1.807, 2.05) is 0 Å². The van der Waals surface area contributed by atoms with Crippen molar-refractivity contribution < 1.29 is 8.42 Å². The molecule has 1 atom stereocenters. The summed E-state index contributed by atoms with van der Waals surface area (Å²) in [7, 11) is -2.79. The molecule has 17 heavy (non-hydrogen) atoms. The zero-order chi connectivity index (χ0) is 12.7. The average Bonchev–Trinajstić information content (AvgIpc) is 2.74. The summed E-state index contributed by atoms with van der Waals surface area (Å²) in [5.74, 6) is 1.33. The summed E-state index contributed by atoms with van der Waals surface area (Å²) in [4.78, 5) is 2.44. The highest BCUT2D eigenvalue weighted by atomic mass is 35.5. The molecule has 0 aliphatic carbocycles. The number of sulfone groups is 1. The Hall–Kier alpha value is 0.200. The summed E-state index contributed by atoms with van der Waals surface area (Å²) in [6.45, 7) is 3.76. The molecule has 0 radical (unpaired) electrons. The molecule has 0 amide bonds. The zero-order valence-electron chi connectivity index (χ0n) is 10.7. The maximum atomic E-state index is 11.4. The SMILES string of the molecule is CCS(=O)(=O)CCCN1CCCC1CCCCl. The van der Waals surface area contributed by atoms with E-state index >= 15 is 0 Å². The standard InChI is InChI=1S/C12H24ClNO2S/c1-2-17(15,16)11-5-10-14-9-4-7-12(14)6-3-8-13/h12H,2-11H2,1H3. The highest BCUT2D eigenvalue weighted by Gasteiger charge is 2.23. The van der Waals surface area contributed by atoms with E-state index < -0.39 is 9.84 Å². The van der Waals surface area contributed by atoms with Crippen LogP contribution in [0.5, 0.6) is 0 Å². The van der Waals surface area contributed by atoms with Gasteiger partial charge < -0.3 is 4.90 Å². The molecule has 102 valence electrons. The molecule has 0 aromatic rings. The van der Waals surface area contributed by atoms with Gasteiger partial charge in [-0.1, -0.05) is 6.92 Å². The van der Waals surface area contributed by atoms with Crippen LogP contribution in [0, 0.1) is 0 Å². The first-order chi connectivity index (χ1) is 8.09. The first kappa shape index (κ1) is 15.3. The van der Waals surface area contributed by atoms with Crippen LogP contribution in [0.1, 0.15) is 39.0 Å². The van der Waals surface area contributed by atoms with Gasteiger partial charge in [0.15, 0.2) is 0 Å².